The first-order chi connectivity index (χ1) is 14.8. The zero-order chi connectivity index (χ0) is 22.1. The lowest BCUT2D eigenvalue weighted by Crippen LogP contribution is -2.30. The summed E-state index contributed by atoms with van der Waals surface area (Å²) in [5.74, 6) is 0.0971. The summed E-state index contributed by atoms with van der Waals surface area (Å²) in [7, 11) is 0. The molecule has 6 nitrogen and oxygen atoms in total. The van der Waals surface area contributed by atoms with Crippen molar-refractivity contribution in [3.05, 3.63) is 51.7 Å². The average Bonchev–Trinajstić information content (AvgIpc) is 3.14. The Balaban J connectivity index is 1.57. The second-order valence-corrected chi connectivity index (χ2v) is 8.62. The van der Waals surface area contributed by atoms with Crippen molar-refractivity contribution in [1.29, 1.82) is 5.41 Å². The molecule has 1 aromatic rings. The molecule has 4 rings (SSSR count). The van der Waals surface area contributed by atoms with E-state index in [1.807, 2.05) is 13.8 Å². The van der Waals surface area contributed by atoms with Crippen molar-refractivity contribution < 1.29 is 13.9 Å². The molecular formula is C23H26ClFN4O2. The number of rotatable bonds is 3. The second-order valence-electron chi connectivity index (χ2n) is 8.25. The molecule has 8 heteroatoms. The van der Waals surface area contributed by atoms with Crippen LogP contribution in [0.3, 0.4) is 0 Å². The topological polar surface area (TPSA) is 77.8 Å². The molecule has 0 atom stereocenters. The maximum atomic E-state index is 13.9. The Labute approximate surface area is 186 Å². The van der Waals surface area contributed by atoms with Gasteiger partial charge in [0.1, 0.15) is 17.4 Å². The van der Waals surface area contributed by atoms with E-state index in [0.717, 1.165) is 31.4 Å². The summed E-state index contributed by atoms with van der Waals surface area (Å²) in [6.45, 7) is 4.05. The lowest BCUT2D eigenvalue weighted by Gasteiger charge is -2.25. The molecule has 0 unspecified atom stereocenters. The molecule has 0 bridgehead atoms. The molecule has 1 aliphatic carbocycles. The Morgan fingerprint density at radius 1 is 1.26 bits per heavy atom. The maximum absolute atomic E-state index is 13.9. The van der Waals surface area contributed by atoms with Gasteiger partial charge in [-0.05, 0) is 51.7 Å². The lowest BCUT2D eigenvalue weighted by atomic mass is 9.97. The van der Waals surface area contributed by atoms with Gasteiger partial charge in [-0.2, -0.15) is 0 Å². The van der Waals surface area contributed by atoms with Crippen LogP contribution in [-0.4, -0.2) is 41.4 Å². The molecule has 2 N–H and O–H groups in total. The van der Waals surface area contributed by atoms with E-state index in [1.54, 1.807) is 4.90 Å². The zero-order valence-electron chi connectivity index (χ0n) is 17.7. The first-order valence-electron chi connectivity index (χ1n) is 10.6. The third kappa shape index (κ3) is 4.51. The average molecular weight is 445 g/mol. The summed E-state index contributed by atoms with van der Waals surface area (Å²) in [4.78, 5) is 19.3. The fourth-order valence-corrected chi connectivity index (χ4v) is 4.27. The number of benzene rings is 1. The number of hydrogen-bond acceptors (Lipinski definition) is 5. The van der Waals surface area contributed by atoms with E-state index in [2.05, 4.69) is 10.3 Å². The minimum absolute atomic E-state index is 0.0000761. The van der Waals surface area contributed by atoms with E-state index < -0.39 is 5.82 Å². The number of ether oxygens (including phenoxy) is 1. The summed E-state index contributed by atoms with van der Waals surface area (Å²) in [5.41, 5.74) is 2.71. The van der Waals surface area contributed by atoms with E-state index in [1.165, 1.54) is 24.6 Å². The highest BCUT2D eigenvalue weighted by atomic mass is 35.5. The number of carbonyl (C=O) groups is 1. The van der Waals surface area contributed by atoms with Gasteiger partial charge >= 0.3 is 0 Å². The van der Waals surface area contributed by atoms with Crippen molar-refractivity contribution in [3.8, 4) is 5.75 Å². The maximum Gasteiger partial charge on any atom is 0.258 e. The fraction of sp³-hybridized carbons (Fsp3) is 0.435. The highest BCUT2D eigenvalue weighted by Gasteiger charge is 2.32. The summed E-state index contributed by atoms with van der Waals surface area (Å²) in [6.07, 6.45) is 5.15. The molecule has 2 heterocycles. The first kappa shape index (κ1) is 21.6. The Hall–Kier alpha value is -2.67. The van der Waals surface area contributed by atoms with Gasteiger partial charge in [0.15, 0.2) is 0 Å². The number of carbonyl (C=O) groups excluding carboxylic acids is 1. The molecule has 1 amide bonds. The summed E-state index contributed by atoms with van der Waals surface area (Å²) in [6, 6.07) is 4.03. The third-order valence-corrected chi connectivity index (χ3v) is 6.44. The van der Waals surface area contributed by atoms with Crippen LogP contribution in [0.15, 0.2) is 45.3 Å². The Bertz CT molecular complexity index is 1020. The molecule has 1 saturated carbocycles. The van der Waals surface area contributed by atoms with Crippen LogP contribution < -0.4 is 10.1 Å². The molecule has 1 aromatic carbocycles. The summed E-state index contributed by atoms with van der Waals surface area (Å²) < 4.78 is 20.0. The largest absolute Gasteiger partial charge is 0.489 e. The molecule has 2 fully saturated rings. The molecular weight excluding hydrogens is 419 g/mol. The molecule has 0 spiro atoms. The van der Waals surface area contributed by atoms with Crippen molar-refractivity contribution in [1.82, 2.24) is 10.2 Å². The van der Waals surface area contributed by atoms with Gasteiger partial charge < -0.3 is 20.4 Å². The van der Waals surface area contributed by atoms with Crippen LogP contribution in [0, 0.1) is 11.2 Å². The van der Waals surface area contributed by atoms with Crippen LogP contribution in [0.4, 0.5) is 4.39 Å². The van der Waals surface area contributed by atoms with Gasteiger partial charge in [-0.25, -0.2) is 9.38 Å². The minimum Gasteiger partial charge on any atom is -0.489 e. The van der Waals surface area contributed by atoms with Crippen molar-refractivity contribution in [3.63, 3.8) is 0 Å². The van der Waals surface area contributed by atoms with Crippen molar-refractivity contribution in [2.75, 3.05) is 13.1 Å². The molecule has 1 saturated heterocycles. The number of likely N-dealkylation sites (tertiary alicyclic amines) is 1. The number of aliphatic imine (C=N–C) groups is 1. The fourth-order valence-electron chi connectivity index (χ4n) is 4.18. The predicted molar refractivity (Wildman–Crippen MR) is 119 cm³/mol. The SMILES string of the molecule is CC1=N/C(=C2\CN(C(=O)c3ccc(F)cc3OC3CCCCC3)CC2=N)NC(C)=C1Cl. The molecule has 31 heavy (non-hydrogen) atoms. The quantitative estimate of drug-likeness (QED) is 0.705. The number of halogens is 2. The van der Waals surface area contributed by atoms with Gasteiger partial charge in [-0.15, -0.1) is 0 Å². The second kappa shape index (κ2) is 8.83. The third-order valence-electron chi connectivity index (χ3n) is 5.89. The van der Waals surface area contributed by atoms with Gasteiger partial charge in [0.25, 0.3) is 5.91 Å². The van der Waals surface area contributed by atoms with Gasteiger partial charge in [-0.3, -0.25) is 4.79 Å². The molecule has 0 aromatic heterocycles. The zero-order valence-corrected chi connectivity index (χ0v) is 18.5. The van der Waals surface area contributed by atoms with E-state index in [4.69, 9.17) is 21.7 Å². The van der Waals surface area contributed by atoms with Crippen LogP contribution in [0.1, 0.15) is 56.3 Å². The number of nitrogens with zero attached hydrogens (tertiary/aromatic N) is 2. The van der Waals surface area contributed by atoms with E-state index in [9.17, 15) is 9.18 Å². The number of hydrogen-bond donors (Lipinski definition) is 2. The van der Waals surface area contributed by atoms with Crippen molar-refractivity contribution >= 4 is 28.9 Å². The smallest absolute Gasteiger partial charge is 0.258 e. The molecule has 3 aliphatic rings. The van der Waals surface area contributed by atoms with E-state index in [-0.39, 0.29) is 30.9 Å². The van der Waals surface area contributed by atoms with E-state index in [0.29, 0.717) is 33.4 Å². The van der Waals surface area contributed by atoms with E-state index >= 15 is 0 Å². The van der Waals surface area contributed by atoms with Crippen LogP contribution in [-0.2, 0) is 0 Å². The van der Waals surface area contributed by atoms with Crippen LogP contribution in [0.5, 0.6) is 5.75 Å². The van der Waals surface area contributed by atoms with Gasteiger partial charge in [0.05, 0.1) is 41.2 Å². The highest BCUT2D eigenvalue weighted by molar-refractivity contribution is 6.43. The van der Waals surface area contributed by atoms with Gasteiger partial charge in [-0.1, -0.05) is 18.0 Å². The first-order valence-corrected chi connectivity index (χ1v) is 11.0. The predicted octanol–water partition coefficient (Wildman–Crippen LogP) is 4.76. The standard InChI is InChI=1S/C23H26ClFN4O2/c1-13-21(24)14(2)28-22(27-13)18-11-29(12-19(18)26)23(30)17-9-8-15(25)10-20(17)31-16-6-4-3-5-7-16/h8-10,16,26-27H,3-7,11-12H2,1-2H3/b22-18+,26-19?. The minimum atomic E-state index is -0.435. The Kier molecular flexibility index (Phi) is 6.14. The summed E-state index contributed by atoms with van der Waals surface area (Å²) >= 11 is 6.20. The normalized spacial score (nSPS) is 22.5. The van der Waals surface area contributed by atoms with Crippen LogP contribution >= 0.6 is 11.6 Å². The van der Waals surface area contributed by atoms with Crippen LogP contribution in [0.2, 0.25) is 0 Å². The highest BCUT2D eigenvalue weighted by Crippen LogP contribution is 2.30. The molecule has 164 valence electrons. The van der Waals surface area contributed by atoms with Gasteiger partial charge in [0.2, 0.25) is 0 Å². The van der Waals surface area contributed by atoms with Crippen molar-refractivity contribution in [2.45, 2.75) is 52.1 Å². The molecule has 2 aliphatic heterocycles. The van der Waals surface area contributed by atoms with Crippen molar-refractivity contribution in [2.24, 2.45) is 4.99 Å². The van der Waals surface area contributed by atoms with Gasteiger partial charge in [0, 0.05) is 17.3 Å². The Morgan fingerprint density at radius 2 is 2.00 bits per heavy atom. The number of amides is 1. The Morgan fingerprint density at radius 3 is 2.71 bits per heavy atom. The number of allylic oxidation sites excluding steroid dienone is 2. The number of nitrogens with one attached hydrogen (secondary N) is 2. The monoisotopic (exact) mass is 444 g/mol. The summed E-state index contributed by atoms with van der Waals surface area (Å²) in [5, 5.41) is 12.1. The molecule has 0 radical (unpaired) electrons. The van der Waals surface area contributed by atoms with Crippen LogP contribution in [0.25, 0.3) is 0 Å². The lowest BCUT2D eigenvalue weighted by molar-refractivity contribution is 0.0792.